The van der Waals surface area contributed by atoms with Crippen molar-refractivity contribution in [3.8, 4) is 0 Å². The molecular formula is C58H112O6. The Morgan fingerprint density at radius 2 is 0.594 bits per heavy atom. The maximum absolute atomic E-state index is 12.8. The zero-order valence-electron chi connectivity index (χ0n) is 43.9. The smallest absolute Gasteiger partial charge is 0.306 e. The molecule has 0 heterocycles. The highest BCUT2D eigenvalue weighted by atomic mass is 16.6. The highest BCUT2D eigenvalue weighted by molar-refractivity contribution is 5.71. The summed E-state index contributed by atoms with van der Waals surface area (Å²) in [5, 5.41) is 0. The average Bonchev–Trinajstić information content (AvgIpc) is 3.28. The van der Waals surface area contributed by atoms with Crippen molar-refractivity contribution in [2.24, 2.45) is 11.8 Å². The minimum Gasteiger partial charge on any atom is -0.462 e. The lowest BCUT2D eigenvalue weighted by Crippen LogP contribution is -2.30. The zero-order valence-corrected chi connectivity index (χ0v) is 43.9. The van der Waals surface area contributed by atoms with E-state index in [1.54, 1.807) is 0 Å². The molecule has 0 radical (unpaired) electrons. The summed E-state index contributed by atoms with van der Waals surface area (Å²) in [5.74, 6) is 0.832. The number of hydrogen-bond donors (Lipinski definition) is 0. The van der Waals surface area contributed by atoms with Gasteiger partial charge >= 0.3 is 17.9 Å². The van der Waals surface area contributed by atoms with Crippen molar-refractivity contribution >= 4 is 17.9 Å². The SMILES string of the molecule is CCCCCCCCCCCCCCCCCCCCC(=O)OC[C@H](COC(=O)CCCCCCCCCC(C)C)OC(=O)CCCCCCCCCCCCCCCCC(C)CC. The molecule has 6 nitrogen and oxygen atoms in total. The largest absolute Gasteiger partial charge is 0.462 e. The number of hydrogen-bond acceptors (Lipinski definition) is 6. The molecule has 2 atom stereocenters. The molecule has 0 saturated carbocycles. The highest BCUT2D eigenvalue weighted by Crippen LogP contribution is 2.18. The first-order valence-electron chi connectivity index (χ1n) is 28.8. The Hall–Kier alpha value is -1.59. The Morgan fingerprint density at radius 1 is 0.328 bits per heavy atom. The summed E-state index contributed by atoms with van der Waals surface area (Å²) in [7, 11) is 0. The molecule has 0 aliphatic carbocycles. The highest BCUT2D eigenvalue weighted by Gasteiger charge is 2.19. The summed E-state index contributed by atoms with van der Waals surface area (Å²) in [5.41, 5.74) is 0. The second-order valence-electron chi connectivity index (χ2n) is 20.6. The summed E-state index contributed by atoms with van der Waals surface area (Å²) < 4.78 is 16.9. The van der Waals surface area contributed by atoms with E-state index in [4.69, 9.17) is 14.2 Å². The van der Waals surface area contributed by atoms with E-state index in [2.05, 4.69) is 34.6 Å². The van der Waals surface area contributed by atoms with Crippen molar-refractivity contribution in [1.82, 2.24) is 0 Å². The Kier molecular flexibility index (Phi) is 49.6. The third-order valence-electron chi connectivity index (χ3n) is 13.6. The second kappa shape index (κ2) is 50.8. The first-order valence-corrected chi connectivity index (χ1v) is 28.8. The van der Waals surface area contributed by atoms with Gasteiger partial charge in [-0.05, 0) is 31.1 Å². The van der Waals surface area contributed by atoms with Crippen LogP contribution < -0.4 is 0 Å². The van der Waals surface area contributed by atoms with E-state index in [1.165, 1.54) is 212 Å². The number of ether oxygens (including phenoxy) is 3. The summed E-state index contributed by atoms with van der Waals surface area (Å²) >= 11 is 0. The van der Waals surface area contributed by atoms with Crippen LogP contribution in [0.3, 0.4) is 0 Å². The maximum Gasteiger partial charge on any atom is 0.306 e. The number of carbonyl (C=O) groups excluding carboxylic acids is 3. The van der Waals surface area contributed by atoms with Crippen molar-refractivity contribution in [2.45, 2.75) is 330 Å². The third-order valence-corrected chi connectivity index (χ3v) is 13.6. The summed E-state index contributed by atoms with van der Waals surface area (Å²) in [4.78, 5) is 38.1. The molecule has 6 heteroatoms. The van der Waals surface area contributed by atoms with E-state index in [1.807, 2.05) is 0 Å². The minimum atomic E-state index is -0.763. The van der Waals surface area contributed by atoms with Crippen LogP contribution in [0.15, 0.2) is 0 Å². The second-order valence-corrected chi connectivity index (χ2v) is 20.6. The first kappa shape index (κ1) is 62.4. The molecule has 0 rings (SSSR count). The average molecular weight is 906 g/mol. The molecular weight excluding hydrogens is 793 g/mol. The maximum atomic E-state index is 12.8. The number of carbonyl (C=O) groups is 3. The van der Waals surface area contributed by atoms with Gasteiger partial charge in [0.05, 0.1) is 0 Å². The van der Waals surface area contributed by atoms with Crippen LogP contribution in [-0.2, 0) is 28.6 Å². The number of rotatable bonds is 52. The Bertz CT molecular complexity index is 980. The minimum absolute atomic E-state index is 0.0634. The molecule has 0 aliphatic heterocycles. The predicted octanol–water partition coefficient (Wildman–Crippen LogP) is 18.9. The fourth-order valence-electron chi connectivity index (χ4n) is 8.84. The van der Waals surface area contributed by atoms with Gasteiger partial charge in [0.25, 0.3) is 0 Å². The van der Waals surface area contributed by atoms with Crippen molar-refractivity contribution in [1.29, 1.82) is 0 Å². The van der Waals surface area contributed by atoms with Crippen LogP contribution in [0.1, 0.15) is 324 Å². The fraction of sp³-hybridized carbons (Fsp3) is 0.948. The van der Waals surface area contributed by atoms with Crippen LogP contribution in [0.5, 0.6) is 0 Å². The molecule has 0 amide bonds. The van der Waals surface area contributed by atoms with E-state index in [-0.39, 0.29) is 31.1 Å². The summed E-state index contributed by atoms with van der Waals surface area (Å²) in [6.07, 6.45) is 53.8. The van der Waals surface area contributed by atoms with E-state index in [9.17, 15) is 14.4 Å². The van der Waals surface area contributed by atoms with Crippen LogP contribution in [-0.4, -0.2) is 37.2 Å². The van der Waals surface area contributed by atoms with Gasteiger partial charge in [0, 0.05) is 19.3 Å². The van der Waals surface area contributed by atoms with E-state index in [0.717, 1.165) is 69.6 Å². The molecule has 0 aromatic carbocycles. The molecule has 380 valence electrons. The Labute approximate surface area is 399 Å². The summed E-state index contributed by atoms with van der Waals surface area (Å²) in [6.45, 7) is 11.4. The van der Waals surface area contributed by atoms with Gasteiger partial charge in [-0.15, -0.1) is 0 Å². The van der Waals surface area contributed by atoms with E-state index in [0.29, 0.717) is 19.3 Å². The molecule has 0 aromatic heterocycles. The molecule has 0 fully saturated rings. The number of unbranched alkanes of at least 4 members (excludes halogenated alkanes) is 36. The Morgan fingerprint density at radius 3 is 0.891 bits per heavy atom. The van der Waals surface area contributed by atoms with Gasteiger partial charge in [-0.2, -0.15) is 0 Å². The van der Waals surface area contributed by atoms with E-state index < -0.39 is 6.10 Å². The molecule has 0 spiro atoms. The molecule has 1 unspecified atom stereocenters. The summed E-state index contributed by atoms with van der Waals surface area (Å²) in [6, 6.07) is 0. The van der Waals surface area contributed by atoms with Crippen molar-refractivity contribution in [2.75, 3.05) is 13.2 Å². The monoisotopic (exact) mass is 905 g/mol. The predicted molar refractivity (Wildman–Crippen MR) is 275 cm³/mol. The quantitative estimate of drug-likeness (QED) is 0.0344. The molecule has 0 aliphatic rings. The third kappa shape index (κ3) is 49.8. The van der Waals surface area contributed by atoms with Crippen LogP contribution in [0.4, 0.5) is 0 Å². The van der Waals surface area contributed by atoms with Crippen LogP contribution in [0.25, 0.3) is 0 Å². The number of esters is 3. The standard InChI is InChI=1S/C58H112O6/c1-6-8-9-10-11-12-13-14-15-16-17-18-22-25-28-33-38-43-48-56(59)62-51-55(52-63-57(60)49-44-39-35-30-31-36-41-46-53(3)4)64-58(61)50-45-40-34-29-26-23-20-19-21-24-27-32-37-42-47-54(5)7-2/h53-55H,6-52H2,1-5H3/t54?,55-/m1/s1. The van der Waals surface area contributed by atoms with Crippen molar-refractivity contribution in [3.63, 3.8) is 0 Å². The zero-order chi connectivity index (χ0) is 46.8. The van der Waals surface area contributed by atoms with Gasteiger partial charge in [-0.25, -0.2) is 0 Å². The molecule has 0 aromatic rings. The van der Waals surface area contributed by atoms with Gasteiger partial charge in [-0.3, -0.25) is 14.4 Å². The van der Waals surface area contributed by atoms with Gasteiger partial charge in [0.15, 0.2) is 6.10 Å². The van der Waals surface area contributed by atoms with Gasteiger partial charge in [0.1, 0.15) is 13.2 Å². The van der Waals surface area contributed by atoms with Crippen LogP contribution in [0, 0.1) is 11.8 Å². The Balaban J connectivity index is 4.24. The topological polar surface area (TPSA) is 78.9 Å². The van der Waals surface area contributed by atoms with Crippen LogP contribution in [0.2, 0.25) is 0 Å². The van der Waals surface area contributed by atoms with Crippen molar-refractivity contribution in [3.05, 3.63) is 0 Å². The molecule has 0 N–H and O–H groups in total. The lowest BCUT2D eigenvalue weighted by Gasteiger charge is -2.18. The lowest BCUT2D eigenvalue weighted by atomic mass is 9.99. The first-order chi connectivity index (χ1) is 31.3. The van der Waals surface area contributed by atoms with Gasteiger partial charge in [0.2, 0.25) is 0 Å². The normalized spacial score (nSPS) is 12.5. The van der Waals surface area contributed by atoms with E-state index >= 15 is 0 Å². The fourth-order valence-corrected chi connectivity index (χ4v) is 8.84. The molecule has 0 saturated heterocycles. The molecule has 0 bridgehead atoms. The van der Waals surface area contributed by atoms with Crippen molar-refractivity contribution < 1.29 is 28.6 Å². The van der Waals surface area contributed by atoms with Gasteiger partial charge in [-0.1, -0.05) is 285 Å². The lowest BCUT2D eigenvalue weighted by molar-refractivity contribution is -0.167. The van der Waals surface area contributed by atoms with Crippen LogP contribution >= 0.6 is 0 Å². The van der Waals surface area contributed by atoms with Gasteiger partial charge < -0.3 is 14.2 Å². The molecule has 64 heavy (non-hydrogen) atoms.